The van der Waals surface area contributed by atoms with Gasteiger partial charge in [-0.1, -0.05) is 29.3 Å². The van der Waals surface area contributed by atoms with Crippen molar-refractivity contribution in [3.63, 3.8) is 0 Å². The Bertz CT molecular complexity index is 1370. The minimum Gasteiger partial charge on any atom is -0.484 e. The number of hydrogen-bond acceptors (Lipinski definition) is 4. The van der Waals surface area contributed by atoms with E-state index in [1.165, 1.54) is 0 Å². The molecule has 158 valence electrons. The maximum absolute atomic E-state index is 6.48. The van der Waals surface area contributed by atoms with Crippen molar-refractivity contribution in [2.75, 3.05) is 0 Å². The molecular formula is C25H18Cl2N4O. The fraction of sp³-hybridized carbons (Fsp3) is 0.0800. The summed E-state index contributed by atoms with van der Waals surface area (Å²) in [4.78, 5) is 13.1. The molecule has 0 saturated heterocycles. The summed E-state index contributed by atoms with van der Waals surface area (Å²) in [5.41, 5.74) is 4.95. The Morgan fingerprint density at radius 3 is 2.53 bits per heavy atom. The molecule has 0 radical (unpaired) electrons. The van der Waals surface area contributed by atoms with Crippen molar-refractivity contribution in [2.45, 2.75) is 13.2 Å². The highest BCUT2D eigenvalue weighted by Crippen LogP contribution is 2.28. The number of hydrogen-bond donors (Lipinski definition) is 0. The highest BCUT2D eigenvalue weighted by atomic mass is 35.5. The van der Waals surface area contributed by atoms with E-state index in [4.69, 9.17) is 32.9 Å². The van der Waals surface area contributed by atoms with E-state index in [1.807, 2.05) is 42.5 Å². The minimum atomic E-state index is 0.295. The molecule has 3 aromatic heterocycles. The van der Waals surface area contributed by atoms with E-state index in [9.17, 15) is 0 Å². The van der Waals surface area contributed by atoms with Gasteiger partial charge in [-0.25, -0.2) is 4.98 Å². The molecule has 0 unspecified atom stereocenters. The molecule has 0 atom stereocenters. The van der Waals surface area contributed by atoms with Gasteiger partial charge in [-0.2, -0.15) is 0 Å². The van der Waals surface area contributed by atoms with Crippen LogP contribution in [0.25, 0.3) is 22.2 Å². The van der Waals surface area contributed by atoms with Crippen LogP contribution in [-0.4, -0.2) is 19.5 Å². The molecule has 5 rings (SSSR count). The fourth-order valence-corrected chi connectivity index (χ4v) is 3.97. The molecule has 0 N–H and O–H groups in total. The van der Waals surface area contributed by atoms with Gasteiger partial charge in [0.1, 0.15) is 18.2 Å². The normalized spacial score (nSPS) is 11.1. The van der Waals surface area contributed by atoms with E-state index < -0.39 is 0 Å². The van der Waals surface area contributed by atoms with Crippen LogP contribution in [0.15, 0.2) is 85.5 Å². The summed E-state index contributed by atoms with van der Waals surface area (Å²) < 4.78 is 8.07. The van der Waals surface area contributed by atoms with Gasteiger partial charge in [0.25, 0.3) is 0 Å². The maximum Gasteiger partial charge on any atom is 0.148 e. The second-order valence-corrected chi connectivity index (χ2v) is 8.11. The van der Waals surface area contributed by atoms with Crippen LogP contribution in [0.1, 0.15) is 11.4 Å². The Morgan fingerprint density at radius 2 is 1.72 bits per heavy atom. The van der Waals surface area contributed by atoms with Crippen molar-refractivity contribution in [3.05, 3.63) is 107 Å². The number of halogens is 2. The first-order valence-electron chi connectivity index (χ1n) is 10.0. The predicted octanol–water partition coefficient (Wildman–Crippen LogP) is 6.43. The van der Waals surface area contributed by atoms with Gasteiger partial charge in [-0.3, -0.25) is 9.97 Å². The lowest BCUT2D eigenvalue weighted by Gasteiger charge is -2.12. The predicted molar refractivity (Wildman–Crippen MR) is 127 cm³/mol. The Kier molecular flexibility index (Phi) is 5.75. The van der Waals surface area contributed by atoms with Crippen molar-refractivity contribution in [2.24, 2.45) is 0 Å². The molecule has 0 bridgehead atoms. The lowest BCUT2D eigenvalue weighted by atomic mass is 10.1. The summed E-state index contributed by atoms with van der Waals surface area (Å²) >= 11 is 12.7. The molecule has 0 saturated carbocycles. The van der Waals surface area contributed by atoms with Gasteiger partial charge in [0, 0.05) is 28.6 Å². The summed E-state index contributed by atoms with van der Waals surface area (Å²) in [6.45, 7) is 0.810. The number of pyridine rings is 2. The number of fused-ring (bicyclic) bond motifs is 1. The molecule has 0 fully saturated rings. The van der Waals surface area contributed by atoms with Crippen molar-refractivity contribution in [3.8, 4) is 16.9 Å². The van der Waals surface area contributed by atoms with Crippen LogP contribution < -0.4 is 4.74 Å². The van der Waals surface area contributed by atoms with Crippen LogP contribution in [-0.2, 0) is 13.2 Å². The number of nitrogens with zero attached hydrogens (tertiary/aromatic N) is 4. The highest BCUT2D eigenvalue weighted by molar-refractivity contribution is 6.33. The smallest absolute Gasteiger partial charge is 0.148 e. The van der Waals surface area contributed by atoms with Gasteiger partial charge in [-0.05, 0) is 71.3 Å². The average molecular weight is 461 g/mol. The third-order valence-corrected chi connectivity index (χ3v) is 5.78. The zero-order valence-electron chi connectivity index (χ0n) is 17.0. The molecule has 0 aliphatic heterocycles. The van der Waals surface area contributed by atoms with Gasteiger partial charge >= 0.3 is 0 Å². The Morgan fingerprint density at radius 1 is 0.844 bits per heavy atom. The Labute approximate surface area is 195 Å². The number of ether oxygens (including phenoxy) is 1. The first-order chi connectivity index (χ1) is 15.7. The van der Waals surface area contributed by atoms with Crippen molar-refractivity contribution in [1.29, 1.82) is 0 Å². The zero-order valence-corrected chi connectivity index (χ0v) is 18.5. The SMILES string of the molecule is Clc1ccc(Cl)c(Cn2c(COc3cccnc3)nc3ccc(-c4ccncc4)cc32)c1. The molecular weight excluding hydrogens is 443 g/mol. The summed E-state index contributed by atoms with van der Waals surface area (Å²) in [5.74, 6) is 1.47. The quantitative estimate of drug-likeness (QED) is 0.293. The second kappa shape index (κ2) is 8.99. The summed E-state index contributed by atoms with van der Waals surface area (Å²) in [5, 5.41) is 1.29. The zero-order chi connectivity index (χ0) is 21.9. The van der Waals surface area contributed by atoms with Gasteiger partial charge in [0.2, 0.25) is 0 Å². The van der Waals surface area contributed by atoms with Gasteiger partial charge in [0.05, 0.1) is 23.8 Å². The first kappa shape index (κ1) is 20.5. The maximum atomic E-state index is 6.48. The van der Waals surface area contributed by atoms with E-state index in [2.05, 4.69) is 26.7 Å². The number of aromatic nitrogens is 4. The number of imidazole rings is 1. The van der Waals surface area contributed by atoms with Crippen LogP contribution in [0, 0.1) is 0 Å². The summed E-state index contributed by atoms with van der Waals surface area (Å²) in [6.07, 6.45) is 6.97. The molecule has 0 aliphatic rings. The molecule has 0 amide bonds. The molecule has 5 nitrogen and oxygen atoms in total. The lowest BCUT2D eigenvalue weighted by Crippen LogP contribution is -2.09. The van der Waals surface area contributed by atoms with E-state index in [0.717, 1.165) is 33.5 Å². The Balaban J connectivity index is 1.59. The molecule has 0 spiro atoms. The standard InChI is InChI=1S/C25H18Cl2N4O/c26-20-4-5-22(27)19(12-20)15-31-24-13-18(17-7-10-28-11-8-17)3-6-23(24)30-25(31)16-32-21-2-1-9-29-14-21/h1-14H,15-16H2. The molecule has 7 heteroatoms. The summed E-state index contributed by atoms with van der Waals surface area (Å²) in [6, 6.07) is 19.4. The molecule has 3 heterocycles. The van der Waals surface area contributed by atoms with E-state index in [1.54, 1.807) is 30.9 Å². The molecule has 0 aliphatic carbocycles. The first-order valence-corrected chi connectivity index (χ1v) is 10.8. The van der Waals surface area contributed by atoms with Crippen LogP contribution >= 0.6 is 23.2 Å². The van der Waals surface area contributed by atoms with Crippen LogP contribution in [0.5, 0.6) is 5.75 Å². The fourth-order valence-electron chi connectivity index (χ4n) is 3.60. The lowest BCUT2D eigenvalue weighted by molar-refractivity contribution is 0.290. The largest absolute Gasteiger partial charge is 0.484 e. The monoisotopic (exact) mass is 460 g/mol. The Hall–Kier alpha value is -3.41. The van der Waals surface area contributed by atoms with Gasteiger partial charge in [-0.15, -0.1) is 0 Å². The van der Waals surface area contributed by atoms with E-state index in [0.29, 0.717) is 28.9 Å². The van der Waals surface area contributed by atoms with E-state index in [-0.39, 0.29) is 0 Å². The van der Waals surface area contributed by atoms with Crippen LogP contribution in [0.2, 0.25) is 10.0 Å². The number of benzene rings is 2. The average Bonchev–Trinajstić information content (AvgIpc) is 3.18. The minimum absolute atomic E-state index is 0.295. The third kappa shape index (κ3) is 4.31. The van der Waals surface area contributed by atoms with Crippen molar-refractivity contribution >= 4 is 34.2 Å². The topological polar surface area (TPSA) is 52.8 Å². The van der Waals surface area contributed by atoms with Gasteiger partial charge in [0.15, 0.2) is 0 Å². The molecule has 5 aromatic rings. The summed E-state index contributed by atoms with van der Waals surface area (Å²) in [7, 11) is 0. The van der Waals surface area contributed by atoms with Crippen LogP contribution in [0.3, 0.4) is 0 Å². The molecule has 32 heavy (non-hydrogen) atoms. The van der Waals surface area contributed by atoms with E-state index >= 15 is 0 Å². The molecule has 2 aromatic carbocycles. The third-order valence-electron chi connectivity index (χ3n) is 5.18. The van der Waals surface area contributed by atoms with Crippen molar-refractivity contribution in [1.82, 2.24) is 19.5 Å². The van der Waals surface area contributed by atoms with Crippen LogP contribution in [0.4, 0.5) is 0 Å². The highest BCUT2D eigenvalue weighted by Gasteiger charge is 2.15. The van der Waals surface area contributed by atoms with Gasteiger partial charge < -0.3 is 9.30 Å². The second-order valence-electron chi connectivity index (χ2n) is 7.27. The number of rotatable bonds is 6. The van der Waals surface area contributed by atoms with Crippen molar-refractivity contribution < 1.29 is 4.74 Å².